The van der Waals surface area contributed by atoms with Crippen molar-refractivity contribution < 1.29 is 8.42 Å². The lowest BCUT2D eigenvalue weighted by atomic mass is 9.80. The summed E-state index contributed by atoms with van der Waals surface area (Å²) >= 11 is 0. The Labute approximate surface area is 106 Å². The molecular weight excluding hydrogens is 236 g/mol. The zero-order chi connectivity index (χ0) is 12.9. The highest BCUT2D eigenvalue weighted by molar-refractivity contribution is 7.90. The van der Waals surface area contributed by atoms with Crippen LogP contribution in [0.1, 0.15) is 26.2 Å². The molecule has 1 heterocycles. The van der Waals surface area contributed by atoms with Crippen molar-refractivity contribution in [3.05, 3.63) is 0 Å². The van der Waals surface area contributed by atoms with Gasteiger partial charge in [-0.2, -0.15) is 0 Å². The topological polar surface area (TPSA) is 49.4 Å². The van der Waals surface area contributed by atoms with Gasteiger partial charge in [-0.1, -0.05) is 6.92 Å². The Hall–Kier alpha value is -0.130. The molecule has 0 aromatic carbocycles. The van der Waals surface area contributed by atoms with E-state index in [9.17, 15) is 8.42 Å². The minimum absolute atomic E-state index is 0.291. The van der Waals surface area contributed by atoms with Gasteiger partial charge < -0.3 is 10.2 Å². The van der Waals surface area contributed by atoms with E-state index in [1.165, 1.54) is 32.2 Å². The molecule has 0 bridgehead atoms. The number of nitrogens with zero attached hydrogens (tertiary/aromatic N) is 1. The number of sulfone groups is 1. The van der Waals surface area contributed by atoms with E-state index in [0.717, 1.165) is 19.5 Å². The van der Waals surface area contributed by atoms with Crippen LogP contribution in [0.15, 0.2) is 0 Å². The number of piperidine rings is 1. The van der Waals surface area contributed by atoms with Gasteiger partial charge in [-0.05, 0) is 51.4 Å². The maximum atomic E-state index is 11.0. The predicted molar refractivity (Wildman–Crippen MR) is 72.0 cm³/mol. The van der Waals surface area contributed by atoms with Crippen molar-refractivity contribution >= 4 is 9.84 Å². The van der Waals surface area contributed by atoms with Gasteiger partial charge in [-0.25, -0.2) is 8.42 Å². The van der Waals surface area contributed by atoms with Gasteiger partial charge >= 0.3 is 0 Å². The SMILES string of the molecule is CN1CCC(C)(CNCCCS(C)(=O)=O)CC1. The Kier molecular flexibility index (Phi) is 5.41. The third kappa shape index (κ3) is 6.38. The molecule has 102 valence electrons. The summed E-state index contributed by atoms with van der Waals surface area (Å²) in [5, 5.41) is 3.40. The highest BCUT2D eigenvalue weighted by Crippen LogP contribution is 2.29. The number of likely N-dealkylation sites (tertiary alicyclic amines) is 1. The second-order valence-electron chi connectivity index (χ2n) is 5.77. The highest BCUT2D eigenvalue weighted by atomic mass is 32.2. The van der Waals surface area contributed by atoms with Gasteiger partial charge in [0, 0.05) is 12.8 Å². The van der Waals surface area contributed by atoms with Gasteiger partial charge in [-0.3, -0.25) is 0 Å². The van der Waals surface area contributed by atoms with E-state index in [2.05, 4.69) is 24.2 Å². The van der Waals surface area contributed by atoms with Crippen molar-refractivity contribution in [2.45, 2.75) is 26.2 Å². The molecule has 4 nitrogen and oxygen atoms in total. The van der Waals surface area contributed by atoms with Crippen LogP contribution in [-0.4, -0.2) is 58.6 Å². The van der Waals surface area contributed by atoms with Crippen LogP contribution < -0.4 is 5.32 Å². The quantitative estimate of drug-likeness (QED) is 0.718. The van der Waals surface area contributed by atoms with Crippen LogP contribution >= 0.6 is 0 Å². The van der Waals surface area contributed by atoms with Crippen LogP contribution in [0.5, 0.6) is 0 Å². The van der Waals surface area contributed by atoms with Crippen molar-refractivity contribution in [3.63, 3.8) is 0 Å². The monoisotopic (exact) mass is 262 g/mol. The lowest BCUT2D eigenvalue weighted by Gasteiger charge is -2.38. The zero-order valence-electron chi connectivity index (χ0n) is 11.3. The molecule has 0 radical (unpaired) electrons. The van der Waals surface area contributed by atoms with Gasteiger partial charge in [0.25, 0.3) is 0 Å². The maximum absolute atomic E-state index is 11.0. The number of hydrogen-bond donors (Lipinski definition) is 1. The summed E-state index contributed by atoms with van der Waals surface area (Å²) in [4.78, 5) is 2.37. The summed E-state index contributed by atoms with van der Waals surface area (Å²) in [6.45, 7) is 6.47. The molecule has 5 heteroatoms. The average Bonchev–Trinajstić information content (AvgIpc) is 2.21. The Bertz CT molecular complexity index is 319. The van der Waals surface area contributed by atoms with Gasteiger partial charge in [-0.15, -0.1) is 0 Å². The third-order valence-electron chi connectivity index (χ3n) is 3.61. The minimum Gasteiger partial charge on any atom is -0.316 e. The maximum Gasteiger partial charge on any atom is 0.147 e. The molecule has 0 spiro atoms. The molecule has 1 rings (SSSR count). The van der Waals surface area contributed by atoms with Crippen LogP contribution in [0.2, 0.25) is 0 Å². The largest absolute Gasteiger partial charge is 0.316 e. The Morgan fingerprint density at radius 1 is 1.29 bits per heavy atom. The molecule has 0 atom stereocenters. The Morgan fingerprint density at radius 2 is 1.88 bits per heavy atom. The molecule has 1 fully saturated rings. The number of nitrogens with one attached hydrogen (secondary N) is 1. The average molecular weight is 262 g/mol. The first-order valence-electron chi connectivity index (χ1n) is 6.38. The molecule has 0 unspecified atom stereocenters. The first-order chi connectivity index (χ1) is 7.81. The van der Waals surface area contributed by atoms with E-state index in [1.54, 1.807) is 0 Å². The van der Waals surface area contributed by atoms with E-state index >= 15 is 0 Å². The molecule has 0 saturated carbocycles. The van der Waals surface area contributed by atoms with Crippen molar-refractivity contribution in [2.24, 2.45) is 5.41 Å². The van der Waals surface area contributed by atoms with Gasteiger partial charge in [0.1, 0.15) is 9.84 Å². The van der Waals surface area contributed by atoms with Gasteiger partial charge in [0.15, 0.2) is 0 Å². The molecular formula is C12H26N2O2S. The minimum atomic E-state index is -2.80. The Balaban J connectivity index is 2.14. The lowest BCUT2D eigenvalue weighted by molar-refractivity contribution is 0.137. The van der Waals surface area contributed by atoms with Crippen LogP contribution in [-0.2, 0) is 9.84 Å². The summed E-state index contributed by atoms with van der Waals surface area (Å²) < 4.78 is 21.9. The van der Waals surface area contributed by atoms with Crippen LogP contribution in [0.4, 0.5) is 0 Å². The van der Waals surface area contributed by atoms with Crippen molar-refractivity contribution in [3.8, 4) is 0 Å². The highest BCUT2D eigenvalue weighted by Gasteiger charge is 2.28. The summed E-state index contributed by atoms with van der Waals surface area (Å²) in [7, 11) is -0.633. The van der Waals surface area contributed by atoms with Crippen molar-refractivity contribution in [2.75, 3.05) is 45.2 Å². The predicted octanol–water partition coefficient (Wildman–Crippen LogP) is 0.743. The van der Waals surface area contributed by atoms with E-state index in [-0.39, 0.29) is 0 Å². The van der Waals surface area contributed by atoms with Crippen molar-refractivity contribution in [1.82, 2.24) is 10.2 Å². The smallest absolute Gasteiger partial charge is 0.147 e. The van der Waals surface area contributed by atoms with Crippen molar-refractivity contribution in [1.29, 1.82) is 0 Å². The molecule has 0 amide bonds. The first kappa shape index (κ1) is 14.9. The summed E-state index contributed by atoms with van der Waals surface area (Å²) in [5.74, 6) is 0.291. The molecule has 0 aromatic heterocycles. The normalized spacial score (nSPS) is 21.6. The second kappa shape index (κ2) is 6.16. The van der Waals surface area contributed by atoms with E-state index in [1.807, 2.05) is 0 Å². The standard InChI is InChI=1S/C12H26N2O2S/c1-12(5-8-14(2)9-6-12)11-13-7-4-10-17(3,15)16/h13H,4-11H2,1-3H3. The fraction of sp³-hybridized carbons (Fsp3) is 1.00. The summed E-state index contributed by atoms with van der Waals surface area (Å²) in [6, 6.07) is 0. The first-order valence-corrected chi connectivity index (χ1v) is 8.44. The second-order valence-corrected chi connectivity index (χ2v) is 8.03. The van der Waals surface area contributed by atoms with Crippen LogP contribution in [0, 0.1) is 5.41 Å². The fourth-order valence-electron chi connectivity index (χ4n) is 2.18. The lowest BCUT2D eigenvalue weighted by Crippen LogP contribution is -2.42. The van der Waals surface area contributed by atoms with E-state index in [0.29, 0.717) is 11.2 Å². The number of rotatable bonds is 6. The summed E-state index contributed by atoms with van der Waals surface area (Å²) in [5.41, 5.74) is 0.387. The van der Waals surface area contributed by atoms with Gasteiger partial charge in [0.2, 0.25) is 0 Å². The number of hydrogen-bond acceptors (Lipinski definition) is 4. The molecule has 1 saturated heterocycles. The zero-order valence-corrected chi connectivity index (χ0v) is 12.1. The van der Waals surface area contributed by atoms with Gasteiger partial charge in [0.05, 0.1) is 5.75 Å². The Morgan fingerprint density at radius 3 is 2.41 bits per heavy atom. The molecule has 1 aliphatic rings. The molecule has 17 heavy (non-hydrogen) atoms. The van der Waals surface area contributed by atoms with Crippen LogP contribution in [0.25, 0.3) is 0 Å². The molecule has 1 N–H and O–H groups in total. The van der Waals surface area contributed by atoms with E-state index < -0.39 is 9.84 Å². The van der Waals surface area contributed by atoms with E-state index in [4.69, 9.17) is 0 Å². The van der Waals surface area contributed by atoms with Crippen LogP contribution in [0.3, 0.4) is 0 Å². The fourth-order valence-corrected chi connectivity index (χ4v) is 2.85. The third-order valence-corrected chi connectivity index (χ3v) is 4.64. The summed E-state index contributed by atoms with van der Waals surface area (Å²) in [6.07, 6.45) is 4.46. The molecule has 0 aliphatic carbocycles. The molecule has 0 aromatic rings. The molecule has 1 aliphatic heterocycles.